The van der Waals surface area contributed by atoms with Crippen molar-refractivity contribution < 1.29 is 34.2 Å². The van der Waals surface area contributed by atoms with E-state index in [2.05, 4.69) is 10.6 Å². The summed E-state index contributed by atoms with van der Waals surface area (Å²) in [5.74, 6) is -4.49. The lowest BCUT2D eigenvalue weighted by atomic mass is 9.99. The van der Waals surface area contributed by atoms with E-state index in [9.17, 15) is 24.0 Å². The number of hydrogen-bond donors (Lipinski definition) is 7. The van der Waals surface area contributed by atoms with E-state index >= 15 is 0 Å². The number of nitrogens with one attached hydrogen (secondary N) is 3. The highest BCUT2D eigenvalue weighted by molar-refractivity contribution is 5.92. The molecule has 0 aromatic heterocycles. The molecular formula is C16H29N5O7. The van der Waals surface area contributed by atoms with E-state index < -0.39 is 60.9 Å². The highest BCUT2D eigenvalue weighted by Gasteiger charge is 2.27. The molecule has 0 spiro atoms. The van der Waals surface area contributed by atoms with Crippen LogP contribution >= 0.6 is 0 Å². The molecule has 12 heteroatoms. The van der Waals surface area contributed by atoms with Crippen molar-refractivity contribution in [3.05, 3.63) is 0 Å². The molecule has 4 unspecified atom stereocenters. The van der Waals surface area contributed by atoms with Gasteiger partial charge < -0.3 is 37.6 Å². The minimum Gasteiger partial charge on any atom is -0.480 e. The smallest absolute Gasteiger partial charge is 0.328 e. The molecular weight excluding hydrogens is 374 g/mol. The molecule has 28 heavy (non-hydrogen) atoms. The van der Waals surface area contributed by atoms with Crippen LogP contribution in [0.1, 0.15) is 33.1 Å². The molecule has 4 amide bonds. The number of aliphatic hydroxyl groups is 1. The number of carbonyl (C=O) groups excluding carboxylic acids is 4. The van der Waals surface area contributed by atoms with E-state index in [0.29, 0.717) is 6.42 Å². The molecule has 0 heterocycles. The lowest BCUT2D eigenvalue weighted by molar-refractivity contribution is -0.143. The number of rotatable bonds is 13. The van der Waals surface area contributed by atoms with Crippen LogP contribution in [0.2, 0.25) is 0 Å². The Hall–Kier alpha value is -2.73. The van der Waals surface area contributed by atoms with Crippen molar-refractivity contribution in [1.29, 1.82) is 0 Å². The molecule has 9 N–H and O–H groups in total. The molecule has 12 nitrogen and oxygen atoms in total. The number of amides is 4. The molecule has 0 aromatic rings. The van der Waals surface area contributed by atoms with Crippen molar-refractivity contribution in [2.24, 2.45) is 17.4 Å². The van der Waals surface area contributed by atoms with Crippen LogP contribution in [-0.2, 0) is 24.0 Å². The maximum Gasteiger partial charge on any atom is 0.328 e. The third kappa shape index (κ3) is 9.28. The highest BCUT2D eigenvalue weighted by atomic mass is 16.4. The van der Waals surface area contributed by atoms with Crippen LogP contribution in [0.5, 0.6) is 0 Å². The first-order valence-electron chi connectivity index (χ1n) is 8.78. The Labute approximate surface area is 162 Å². The van der Waals surface area contributed by atoms with E-state index in [1.807, 2.05) is 12.2 Å². The summed E-state index contributed by atoms with van der Waals surface area (Å²) in [4.78, 5) is 58.0. The number of primary amides is 1. The summed E-state index contributed by atoms with van der Waals surface area (Å²) in [6.07, 6.45) is 0.233. The zero-order valence-corrected chi connectivity index (χ0v) is 15.9. The standard InChI is InChI=1S/C16H29N5O7/c1-3-8(2)13(18)15(26)19-6-12(24)20-9(4-5-11(17)23)14(25)21-10(7-22)16(27)28/h8-10,13,22H,3-7,18H2,1-2H3,(H2,17,23)(H,19,26)(H,20,24)(H,21,25)(H,27,28). The largest absolute Gasteiger partial charge is 0.480 e. The Kier molecular flexibility index (Phi) is 11.4. The second kappa shape index (κ2) is 12.6. The van der Waals surface area contributed by atoms with Gasteiger partial charge in [0.2, 0.25) is 23.6 Å². The fourth-order valence-corrected chi connectivity index (χ4v) is 2.06. The van der Waals surface area contributed by atoms with Crippen molar-refractivity contribution in [2.75, 3.05) is 13.2 Å². The van der Waals surface area contributed by atoms with Gasteiger partial charge in [-0.2, -0.15) is 0 Å². The van der Waals surface area contributed by atoms with Gasteiger partial charge in [0.05, 0.1) is 19.2 Å². The van der Waals surface area contributed by atoms with Gasteiger partial charge in [-0.05, 0) is 12.3 Å². The lowest BCUT2D eigenvalue weighted by Gasteiger charge is -2.21. The molecule has 0 aliphatic rings. The molecule has 0 saturated heterocycles. The quantitative estimate of drug-likeness (QED) is 0.166. The Morgan fingerprint density at radius 1 is 1.04 bits per heavy atom. The molecule has 4 atom stereocenters. The number of carbonyl (C=O) groups is 5. The molecule has 160 valence electrons. The minimum absolute atomic E-state index is 0.0939. The number of hydrogen-bond acceptors (Lipinski definition) is 7. The van der Waals surface area contributed by atoms with Gasteiger partial charge in [-0.25, -0.2) is 4.79 Å². The molecule has 0 aromatic carbocycles. The fraction of sp³-hybridized carbons (Fsp3) is 0.688. The van der Waals surface area contributed by atoms with Crippen molar-refractivity contribution in [1.82, 2.24) is 16.0 Å². The summed E-state index contributed by atoms with van der Waals surface area (Å²) in [6, 6.07) is -3.66. The molecule has 0 saturated carbocycles. The van der Waals surface area contributed by atoms with Crippen LogP contribution in [0.3, 0.4) is 0 Å². The number of aliphatic hydroxyl groups excluding tert-OH is 1. The summed E-state index contributed by atoms with van der Waals surface area (Å²) in [7, 11) is 0. The van der Waals surface area contributed by atoms with Crippen LogP contribution in [0.15, 0.2) is 0 Å². The summed E-state index contributed by atoms with van der Waals surface area (Å²) >= 11 is 0. The Balaban J connectivity index is 4.87. The molecule has 0 radical (unpaired) electrons. The van der Waals surface area contributed by atoms with Gasteiger partial charge in [0.1, 0.15) is 12.1 Å². The zero-order valence-electron chi connectivity index (χ0n) is 15.9. The summed E-state index contributed by atoms with van der Waals surface area (Å²) in [5, 5.41) is 24.5. The van der Waals surface area contributed by atoms with E-state index in [0.717, 1.165) is 0 Å². The average Bonchev–Trinajstić information content (AvgIpc) is 2.65. The van der Waals surface area contributed by atoms with Gasteiger partial charge in [-0.15, -0.1) is 0 Å². The number of nitrogens with two attached hydrogens (primary N) is 2. The number of carboxylic acids is 1. The van der Waals surface area contributed by atoms with E-state index in [4.69, 9.17) is 21.7 Å². The third-order valence-electron chi connectivity index (χ3n) is 4.11. The molecule has 0 fully saturated rings. The Morgan fingerprint density at radius 2 is 1.64 bits per heavy atom. The Bertz CT molecular complexity index is 584. The summed E-state index contributed by atoms with van der Waals surface area (Å²) in [5.41, 5.74) is 10.8. The van der Waals surface area contributed by atoms with Gasteiger partial charge in [0.25, 0.3) is 0 Å². The van der Waals surface area contributed by atoms with Crippen molar-refractivity contribution in [2.45, 2.75) is 51.2 Å². The lowest BCUT2D eigenvalue weighted by Crippen LogP contribution is -2.54. The van der Waals surface area contributed by atoms with Gasteiger partial charge in [0, 0.05) is 6.42 Å². The maximum atomic E-state index is 12.2. The SMILES string of the molecule is CCC(C)C(N)C(=O)NCC(=O)NC(CCC(N)=O)C(=O)NC(CO)C(=O)O. The Morgan fingerprint density at radius 3 is 2.11 bits per heavy atom. The number of aliphatic carboxylic acids is 1. The van der Waals surface area contributed by atoms with Gasteiger partial charge in [-0.1, -0.05) is 20.3 Å². The first-order valence-corrected chi connectivity index (χ1v) is 8.78. The highest BCUT2D eigenvalue weighted by Crippen LogP contribution is 2.05. The maximum absolute atomic E-state index is 12.2. The molecule has 0 rings (SSSR count). The van der Waals surface area contributed by atoms with Crippen LogP contribution in [0.4, 0.5) is 0 Å². The van der Waals surface area contributed by atoms with Crippen molar-refractivity contribution in [3.63, 3.8) is 0 Å². The van der Waals surface area contributed by atoms with Crippen LogP contribution in [0.25, 0.3) is 0 Å². The second-order valence-corrected chi connectivity index (χ2v) is 6.34. The summed E-state index contributed by atoms with van der Waals surface area (Å²) in [6.45, 7) is 2.32. The van der Waals surface area contributed by atoms with E-state index in [1.54, 1.807) is 6.92 Å². The minimum atomic E-state index is -1.58. The monoisotopic (exact) mass is 403 g/mol. The predicted molar refractivity (Wildman–Crippen MR) is 97.5 cm³/mol. The zero-order chi connectivity index (χ0) is 21.9. The van der Waals surface area contributed by atoms with Gasteiger partial charge >= 0.3 is 5.97 Å². The third-order valence-corrected chi connectivity index (χ3v) is 4.11. The fourth-order valence-electron chi connectivity index (χ4n) is 2.06. The normalized spacial score (nSPS) is 14.9. The first-order chi connectivity index (χ1) is 13.0. The average molecular weight is 403 g/mol. The topological polar surface area (TPSA) is 214 Å². The molecule has 0 bridgehead atoms. The molecule has 0 aliphatic carbocycles. The van der Waals surface area contributed by atoms with Crippen LogP contribution in [0, 0.1) is 5.92 Å². The van der Waals surface area contributed by atoms with Gasteiger partial charge in [0.15, 0.2) is 0 Å². The second-order valence-electron chi connectivity index (χ2n) is 6.34. The predicted octanol–water partition coefficient (Wildman–Crippen LogP) is -3.21. The van der Waals surface area contributed by atoms with Gasteiger partial charge in [-0.3, -0.25) is 19.2 Å². The summed E-state index contributed by atoms with van der Waals surface area (Å²) < 4.78 is 0. The van der Waals surface area contributed by atoms with Crippen LogP contribution in [-0.4, -0.2) is 71.1 Å². The van der Waals surface area contributed by atoms with Crippen molar-refractivity contribution in [3.8, 4) is 0 Å². The van der Waals surface area contributed by atoms with E-state index in [1.165, 1.54) is 0 Å². The van der Waals surface area contributed by atoms with E-state index in [-0.39, 0.29) is 18.8 Å². The molecule has 0 aliphatic heterocycles. The van der Waals surface area contributed by atoms with Crippen molar-refractivity contribution >= 4 is 29.6 Å². The number of carboxylic acid groups (broad SMARTS) is 1. The first kappa shape index (κ1) is 25.3. The van der Waals surface area contributed by atoms with Crippen LogP contribution < -0.4 is 27.4 Å².